The molecule has 2 unspecified atom stereocenters. The van der Waals surface area contributed by atoms with E-state index >= 15 is 4.39 Å². The molecular weight excluding hydrogens is 562 g/mol. The number of halogens is 4. The first-order chi connectivity index (χ1) is 19.3. The average Bonchev–Trinajstić information content (AvgIpc) is 3.26. The number of carbonyl (C=O) groups excluding carboxylic acids is 3. The van der Waals surface area contributed by atoms with Crippen molar-refractivity contribution in [3.8, 4) is 11.3 Å². The fourth-order valence-corrected chi connectivity index (χ4v) is 7.36. The Morgan fingerprint density at radius 2 is 1.90 bits per heavy atom. The molecule has 3 amide bonds. The Labute approximate surface area is 236 Å². The second-order valence-electron chi connectivity index (χ2n) is 11.5. The molecule has 3 aromatic rings. The highest BCUT2D eigenvalue weighted by molar-refractivity contribution is 7.19. The largest absolute Gasteiger partial charge is 0.433 e. The molecule has 8 nitrogen and oxygen atoms in total. The number of amides is 3. The Morgan fingerprint density at radius 3 is 2.51 bits per heavy atom. The number of alkyl halides is 3. The van der Waals surface area contributed by atoms with Crippen molar-refractivity contribution in [1.29, 1.82) is 0 Å². The Hall–Kier alpha value is -3.45. The van der Waals surface area contributed by atoms with Gasteiger partial charge in [-0.25, -0.2) is 9.37 Å². The van der Waals surface area contributed by atoms with Crippen molar-refractivity contribution < 1.29 is 31.9 Å². The Bertz CT molecular complexity index is 1610. The van der Waals surface area contributed by atoms with Crippen molar-refractivity contribution in [2.75, 3.05) is 20.1 Å². The lowest BCUT2D eigenvalue weighted by molar-refractivity contribution is -0.144. The number of aromatic nitrogens is 2. The van der Waals surface area contributed by atoms with Gasteiger partial charge in [0.25, 0.3) is 5.91 Å². The van der Waals surface area contributed by atoms with Crippen LogP contribution in [0.5, 0.6) is 0 Å². The molecule has 0 radical (unpaired) electrons. The third-order valence-corrected chi connectivity index (χ3v) is 9.81. The van der Waals surface area contributed by atoms with Crippen molar-refractivity contribution in [2.24, 2.45) is 17.3 Å². The first-order valence-electron chi connectivity index (χ1n) is 13.2. The van der Waals surface area contributed by atoms with Gasteiger partial charge in [-0.05, 0) is 43.5 Å². The van der Waals surface area contributed by atoms with E-state index in [1.54, 1.807) is 11.9 Å². The summed E-state index contributed by atoms with van der Waals surface area (Å²) >= 11 is 0.888. The maximum atomic E-state index is 15.6. The number of imide groups is 1. The lowest BCUT2D eigenvalue weighted by atomic mass is 9.99. The Morgan fingerprint density at radius 1 is 1.22 bits per heavy atom. The number of pyridine rings is 2. The van der Waals surface area contributed by atoms with E-state index in [1.165, 1.54) is 19.2 Å². The molecule has 41 heavy (non-hydrogen) atoms. The topological polar surface area (TPSA) is 95.5 Å². The third-order valence-electron chi connectivity index (χ3n) is 8.64. The fraction of sp³-hybridized carbons (Fsp3) is 0.464. The molecule has 2 saturated heterocycles. The van der Waals surface area contributed by atoms with Gasteiger partial charge in [-0.1, -0.05) is 13.8 Å². The number of likely N-dealkylation sites (N-methyl/N-ethyl adjacent to an activating group) is 1. The quantitative estimate of drug-likeness (QED) is 0.350. The number of thiophene rings is 1. The number of piperidine rings is 1. The standard InChI is InChI=1S/C28H27F4N5O3S/c1-12-9-16(28(30,31)32)35-21(17(12)24(38)36-8-6-13(10-36)33-4)14-5-7-34-22-20(29)15(41-23(14)22)11-37-25(39)18-19(26(37)40)27(18,2)3/h5,7,9,13,18-19,33H,6,8,10-11H2,1-4H3/t13-,18?,19?/m0/s1. The zero-order valence-corrected chi connectivity index (χ0v) is 23.5. The molecule has 3 atom stereocenters. The number of carbonyl (C=O) groups is 3. The van der Waals surface area contributed by atoms with E-state index < -0.39 is 40.8 Å². The van der Waals surface area contributed by atoms with E-state index in [0.29, 0.717) is 19.5 Å². The van der Waals surface area contributed by atoms with Gasteiger partial charge in [0.2, 0.25) is 11.8 Å². The summed E-state index contributed by atoms with van der Waals surface area (Å²) in [6.45, 7) is 5.62. The highest BCUT2D eigenvalue weighted by Gasteiger charge is 2.72. The predicted octanol–water partition coefficient (Wildman–Crippen LogP) is 4.40. The average molecular weight is 590 g/mol. The normalized spacial score (nSPS) is 23.6. The van der Waals surface area contributed by atoms with Gasteiger partial charge >= 0.3 is 6.18 Å². The number of fused-ring (bicyclic) bond motifs is 2. The van der Waals surface area contributed by atoms with E-state index in [9.17, 15) is 27.6 Å². The zero-order valence-electron chi connectivity index (χ0n) is 22.7. The molecule has 5 heterocycles. The zero-order chi connectivity index (χ0) is 29.6. The van der Waals surface area contributed by atoms with Crippen LogP contribution in [-0.4, -0.2) is 63.7 Å². The molecule has 2 aliphatic heterocycles. The summed E-state index contributed by atoms with van der Waals surface area (Å²) in [5.74, 6) is -2.80. The van der Waals surface area contributed by atoms with Crippen molar-refractivity contribution in [3.63, 3.8) is 0 Å². The Balaban J connectivity index is 1.45. The number of hydrogen-bond acceptors (Lipinski definition) is 7. The monoisotopic (exact) mass is 589 g/mol. The van der Waals surface area contributed by atoms with Gasteiger partial charge in [-0.15, -0.1) is 11.3 Å². The van der Waals surface area contributed by atoms with Crippen LogP contribution in [0.25, 0.3) is 21.5 Å². The van der Waals surface area contributed by atoms with Crippen LogP contribution in [-0.2, 0) is 22.3 Å². The van der Waals surface area contributed by atoms with E-state index in [2.05, 4.69) is 15.3 Å². The van der Waals surface area contributed by atoms with Crippen molar-refractivity contribution in [1.82, 2.24) is 25.1 Å². The predicted molar refractivity (Wildman–Crippen MR) is 142 cm³/mol. The molecule has 13 heteroatoms. The van der Waals surface area contributed by atoms with Gasteiger partial charge in [0, 0.05) is 30.9 Å². The van der Waals surface area contributed by atoms with Gasteiger partial charge in [0.05, 0.1) is 39.2 Å². The van der Waals surface area contributed by atoms with Gasteiger partial charge in [-0.3, -0.25) is 24.3 Å². The van der Waals surface area contributed by atoms with Crippen LogP contribution in [0.1, 0.15) is 46.8 Å². The molecule has 1 saturated carbocycles. The van der Waals surface area contributed by atoms with Crippen molar-refractivity contribution >= 4 is 39.3 Å². The summed E-state index contributed by atoms with van der Waals surface area (Å²) in [5, 5.41) is 3.11. The number of hydrogen-bond donors (Lipinski definition) is 1. The number of rotatable bonds is 5. The van der Waals surface area contributed by atoms with Crippen LogP contribution >= 0.6 is 11.3 Å². The molecule has 0 spiro atoms. The van der Waals surface area contributed by atoms with E-state index in [-0.39, 0.29) is 61.9 Å². The molecule has 6 rings (SSSR count). The van der Waals surface area contributed by atoms with Gasteiger partial charge in [0.15, 0.2) is 5.82 Å². The molecule has 1 aliphatic carbocycles. The summed E-state index contributed by atoms with van der Waals surface area (Å²) in [7, 11) is 1.78. The fourth-order valence-electron chi connectivity index (χ4n) is 6.22. The molecule has 1 N–H and O–H groups in total. The Kier molecular flexibility index (Phi) is 6.27. The minimum atomic E-state index is -4.78. The maximum absolute atomic E-state index is 15.6. The molecule has 216 valence electrons. The number of nitrogens with one attached hydrogen (secondary N) is 1. The second kappa shape index (κ2) is 9.28. The molecular formula is C28H27F4N5O3S. The highest BCUT2D eigenvalue weighted by atomic mass is 32.1. The minimum absolute atomic E-state index is 0.00447. The maximum Gasteiger partial charge on any atom is 0.433 e. The van der Waals surface area contributed by atoms with Crippen LogP contribution in [0.2, 0.25) is 0 Å². The summed E-state index contributed by atoms with van der Waals surface area (Å²) in [4.78, 5) is 50.1. The summed E-state index contributed by atoms with van der Waals surface area (Å²) in [6.07, 6.45) is -2.84. The van der Waals surface area contributed by atoms with Crippen molar-refractivity contribution in [2.45, 2.75) is 46.0 Å². The van der Waals surface area contributed by atoms with E-state index in [0.717, 1.165) is 22.3 Å². The molecule has 3 fully saturated rings. The molecule has 0 bridgehead atoms. The molecule has 3 aromatic heterocycles. The molecule has 3 aliphatic rings. The van der Waals surface area contributed by atoms with E-state index in [1.807, 2.05) is 13.8 Å². The number of nitrogens with zero attached hydrogens (tertiary/aromatic N) is 4. The van der Waals surface area contributed by atoms with Crippen LogP contribution < -0.4 is 5.32 Å². The lowest BCUT2D eigenvalue weighted by Crippen LogP contribution is -2.35. The first kappa shape index (κ1) is 27.7. The van der Waals surface area contributed by atoms with Crippen LogP contribution in [0.15, 0.2) is 18.3 Å². The smallest absolute Gasteiger partial charge is 0.337 e. The van der Waals surface area contributed by atoms with Crippen molar-refractivity contribution in [3.05, 3.63) is 45.8 Å². The second-order valence-corrected chi connectivity index (χ2v) is 12.6. The molecule has 0 aromatic carbocycles. The SMILES string of the molecule is CN[C@H]1CCN(C(=O)c2c(C)cc(C(F)(F)F)nc2-c2ccnc3c(F)c(CN4C(=O)C5C(C4=O)C5(C)C)sc23)C1. The van der Waals surface area contributed by atoms with Crippen LogP contribution in [0.4, 0.5) is 17.6 Å². The first-order valence-corrected chi connectivity index (χ1v) is 14.0. The van der Waals surface area contributed by atoms with Gasteiger partial charge < -0.3 is 10.2 Å². The number of aryl methyl sites for hydroxylation is 1. The summed E-state index contributed by atoms with van der Waals surface area (Å²) in [6, 6.07) is 2.31. The van der Waals surface area contributed by atoms with Gasteiger partial charge in [0.1, 0.15) is 11.2 Å². The summed E-state index contributed by atoms with van der Waals surface area (Å²) < 4.78 is 57.4. The lowest BCUT2D eigenvalue weighted by Gasteiger charge is -2.21. The minimum Gasteiger partial charge on any atom is -0.337 e. The van der Waals surface area contributed by atoms with E-state index in [4.69, 9.17) is 0 Å². The van der Waals surface area contributed by atoms with Gasteiger partial charge in [-0.2, -0.15) is 13.2 Å². The third kappa shape index (κ3) is 4.23. The van der Waals surface area contributed by atoms with Crippen LogP contribution in [0, 0.1) is 30.0 Å². The summed E-state index contributed by atoms with van der Waals surface area (Å²) in [5.41, 5.74) is -1.72. The number of likely N-dealkylation sites (tertiary alicyclic amines) is 2. The van der Waals surface area contributed by atoms with Crippen LogP contribution in [0.3, 0.4) is 0 Å². The highest BCUT2D eigenvalue weighted by Crippen LogP contribution is 2.63.